The van der Waals surface area contributed by atoms with Crippen molar-refractivity contribution in [2.24, 2.45) is 0 Å². The Labute approximate surface area is 120 Å². The maximum Gasteiger partial charge on any atom is 0.253 e. The topological polar surface area (TPSA) is 49.4 Å². The van der Waals surface area contributed by atoms with Gasteiger partial charge in [-0.3, -0.25) is 9.59 Å². The van der Waals surface area contributed by atoms with Gasteiger partial charge in [-0.15, -0.1) is 0 Å². The van der Waals surface area contributed by atoms with Gasteiger partial charge in [0.2, 0.25) is 5.91 Å². The number of hydrogen-bond acceptors (Lipinski definition) is 2. The third-order valence-electron chi connectivity index (χ3n) is 4.09. The van der Waals surface area contributed by atoms with Crippen LogP contribution < -0.4 is 5.32 Å². The first-order valence-electron chi connectivity index (χ1n) is 7.12. The lowest BCUT2D eigenvalue weighted by Crippen LogP contribution is -2.38. The zero-order valence-corrected chi connectivity index (χ0v) is 12.4. The summed E-state index contributed by atoms with van der Waals surface area (Å²) in [5, 5.41) is 2.59. The van der Waals surface area contributed by atoms with Crippen LogP contribution in [-0.2, 0) is 17.6 Å². The van der Waals surface area contributed by atoms with E-state index in [0.29, 0.717) is 6.42 Å². The molecule has 20 heavy (non-hydrogen) atoms. The van der Waals surface area contributed by atoms with Gasteiger partial charge in [0, 0.05) is 32.1 Å². The summed E-state index contributed by atoms with van der Waals surface area (Å²) in [4.78, 5) is 25.5. The van der Waals surface area contributed by atoms with E-state index < -0.39 is 0 Å². The number of amides is 2. The van der Waals surface area contributed by atoms with E-state index in [1.165, 1.54) is 17.5 Å². The molecule has 4 nitrogen and oxygen atoms in total. The Morgan fingerprint density at radius 1 is 1.30 bits per heavy atom. The lowest BCUT2D eigenvalue weighted by atomic mass is 10.0. The van der Waals surface area contributed by atoms with Crippen LogP contribution in [0, 0.1) is 0 Å². The van der Waals surface area contributed by atoms with Gasteiger partial charge < -0.3 is 10.2 Å². The van der Waals surface area contributed by atoms with Crippen LogP contribution >= 0.6 is 0 Å². The van der Waals surface area contributed by atoms with E-state index in [1.807, 2.05) is 19.1 Å². The molecule has 108 valence electrons. The van der Waals surface area contributed by atoms with Crippen LogP contribution in [0.3, 0.4) is 0 Å². The van der Waals surface area contributed by atoms with Crippen molar-refractivity contribution in [3.63, 3.8) is 0 Å². The molecule has 0 saturated carbocycles. The Kier molecular flexibility index (Phi) is 4.42. The number of carbonyl (C=O) groups is 2. The maximum absolute atomic E-state index is 12.5. The number of fused-ring (bicyclic) bond motifs is 1. The normalized spacial score (nSPS) is 14.6. The predicted molar refractivity (Wildman–Crippen MR) is 78.7 cm³/mol. The minimum absolute atomic E-state index is 0.0175. The monoisotopic (exact) mass is 274 g/mol. The van der Waals surface area contributed by atoms with E-state index in [-0.39, 0.29) is 17.9 Å². The molecule has 0 fully saturated rings. The zero-order valence-electron chi connectivity index (χ0n) is 12.4. The summed E-state index contributed by atoms with van der Waals surface area (Å²) in [6.07, 6.45) is 3.68. The highest BCUT2D eigenvalue weighted by Crippen LogP contribution is 2.23. The van der Waals surface area contributed by atoms with E-state index in [0.717, 1.165) is 18.4 Å². The van der Waals surface area contributed by atoms with Crippen molar-refractivity contribution in [2.75, 3.05) is 14.1 Å². The lowest BCUT2D eigenvalue weighted by molar-refractivity contribution is -0.121. The van der Waals surface area contributed by atoms with Gasteiger partial charge in [-0.25, -0.2) is 0 Å². The highest BCUT2D eigenvalue weighted by atomic mass is 16.2. The Morgan fingerprint density at radius 3 is 2.70 bits per heavy atom. The van der Waals surface area contributed by atoms with E-state index in [2.05, 4.69) is 11.4 Å². The van der Waals surface area contributed by atoms with Gasteiger partial charge in [-0.1, -0.05) is 6.07 Å². The third-order valence-corrected chi connectivity index (χ3v) is 4.09. The van der Waals surface area contributed by atoms with Crippen molar-refractivity contribution in [3.05, 3.63) is 34.9 Å². The summed E-state index contributed by atoms with van der Waals surface area (Å²) in [6.45, 7) is 1.89. The summed E-state index contributed by atoms with van der Waals surface area (Å²) in [6, 6.07) is 5.85. The standard InChI is InChI=1S/C16H22N2O2/c1-11(9-15(19)17-2)18(3)16(20)14-8-7-12-5-4-6-13(12)10-14/h7-8,10-11H,4-6,9H2,1-3H3,(H,17,19). The molecule has 2 rings (SSSR count). The first-order chi connectivity index (χ1) is 9.52. The van der Waals surface area contributed by atoms with E-state index in [1.54, 1.807) is 19.0 Å². The number of nitrogens with one attached hydrogen (secondary N) is 1. The van der Waals surface area contributed by atoms with E-state index in [9.17, 15) is 9.59 Å². The van der Waals surface area contributed by atoms with Gasteiger partial charge in [-0.2, -0.15) is 0 Å². The van der Waals surface area contributed by atoms with Crippen molar-refractivity contribution >= 4 is 11.8 Å². The molecule has 0 heterocycles. The summed E-state index contributed by atoms with van der Waals surface area (Å²) >= 11 is 0. The molecule has 1 aromatic rings. The number of rotatable bonds is 4. The van der Waals surface area contributed by atoms with Gasteiger partial charge in [0.05, 0.1) is 0 Å². The number of carbonyl (C=O) groups excluding carboxylic acids is 2. The molecule has 1 N–H and O–H groups in total. The fourth-order valence-corrected chi connectivity index (χ4v) is 2.62. The van der Waals surface area contributed by atoms with Gasteiger partial charge in [0.1, 0.15) is 0 Å². The van der Waals surface area contributed by atoms with Crippen LogP contribution in [0.15, 0.2) is 18.2 Å². The average molecular weight is 274 g/mol. The molecule has 2 amide bonds. The molecule has 0 aromatic heterocycles. The molecular formula is C16H22N2O2. The quantitative estimate of drug-likeness (QED) is 0.909. The highest BCUT2D eigenvalue weighted by Gasteiger charge is 2.21. The van der Waals surface area contributed by atoms with E-state index >= 15 is 0 Å². The van der Waals surface area contributed by atoms with Crippen LogP contribution in [-0.4, -0.2) is 36.9 Å². The largest absolute Gasteiger partial charge is 0.359 e. The van der Waals surface area contributed by atoms with Crippen LogP contribution in [0.2, 0.25) is 0 Å². The minimum Gasteiger partial charge on any atom is -0.359 e. The molecule has 0 aliphatic heterocycles. The molecule has 0 saturated heterocycles. The second kappa shape index (κ2) is 6.07. The van der Waals surface area contributed by atoms with Crippen molar-refractivity contribution in [1.82, 2.24) is 10.2 Å². The molecule has 1 aliphatic carbocycles. The summed E-state index contributed by atoms with van der Waals surface area (Å²) in [7, 11) is 3.36. The minimum atomic E-state index is -0.115. The molecule has 1 atom stereocenters. The lowest BCUT2D eigenvalue weighted by Gasteiger charge is -2.24. The summed E-state index contributed by atoms with van der Waals surface area (Å²) in [5.74, 6) is -0.0674. The third kappa shape index (κ3) is 3.00. The van der Waals surface area contributed by atoms with Crippen molar-refractivity contribution < 1.29 is 9.59 Å². The molecule has 4 heteroatoms. The number of benzene rings is 1. The number of aryl methyl sites for hydroxylation is 2. The molecular weight excluding hydrogens is 252 g/mol. The number of hydrogen-bond donors (Lipinski definition) is 1. The van der Waals surface area contributed by atoms with Gasteiger partial charge in [0.25, 0.3) is 5.91 Å². The smallest absolute Gasteiger partial charge is 0.253 e. The zero-order chi connectivity index (χ0) is 14.7. The van der Waals surface area contributed by atoms with Crippen LogP contribution in [0.4, 0.5) is 0 Å². The van der Waals surface area contributed by atoms with Gasteiger partial charge in [0.15, 0.2) is 0 Å². The number of nitrogens with zero attached hydrogens (tertiary/aromatic N) is 1. The predicted octanol–water partition coefficient (Wildman–Crippen LogP) is 1.77. The Morgan fingerprint density at radius 2 is 2.00 bits per heavy atom. The fraction of sp³-hybridized carbons (Fsp3) is 0.500. The molecule has 1 aromatic carbocycles. The Bertz CT molecular complexity index is 525. The van der Waals surface area contributed by atoms with Gasteiger partial charge >= 0.3 is 0 Å². The second-order valence-corrected chi connectivity index (χ2v) is 5.48. The SMILES string of the molecule is CNC(=O)CC(C)N(C)C(=O)c1ccc2c(c1)CCC2. The van der Waals surface area contributed by atoms with Crippen molar-refractivity contribution in [1.29, 1.82) is 0 Å². The first kappa shape index (κ1) is 14.6. The molecule has 0 bridgehead atoms. The van der Waals surface area contributed by atoms with Crippen LogP contribution in [0.25, 0.3) is 0 Å². The molecule has 1 unspecified atom stereocenters. The average Bonchev–Trinajstić information content (AvgIpc) is 2.92. The Balaban J connectivity index is 2.08. The first-order valence-corrected chi connectivity index (χ1v) is 7.12. The van der Waals surface area contributed by atoms with E-state index in [4.69, 9.17) is 0 Å². The summed E-state index contributed by atoms with van der Waals surface area (Å²) in [5.41, 5.74) is 3.38. The molecule has 0 spiro atoms. The maximum atomic E-state index is 12.5. The van der Waals surface area contributed by atoms with Gasteiger partial charge in [-0.05, 0) is 49.4 Å². The molecule has 0 radical (unpaired) electrons. The van der Waals surface area contributed by atoms with Crippen molar-refractivity contribution in [2.45, 2.75) is 38.6 Å². The highest BCUT2D eigenvalue weighted by molar-refractivity contribution is 5.95. The fourth-order valence-electron chi connectivity index (χ4n) is 2.62. The van der Waals surface area contributed by atoms with Crippen LogP contribution in [0.1, 0.15) is 41.3 Å². The van der Waals surface area contributed by atoms with Crippen LogP contribution in [0.5, 0.6) is 0 Å². The second-order valence-electron chi connectivity index (χ2n) is 5.48. The Hall–Kier alpha value is -1.84. The summed E-state index contributed by atoms with van der Waals surface area (Å²) < 4.78 is 0. The molecule has 1 aliphatic rings. The van der Waals surface area contributed by atoms with Crippen molar-refractivity contribution in [3.8, 4) is 0 Å².